The van der Waals surface area contributed by atoms with Gasteiger partial charge in [0.15, 0.2) is 5.82 Å². The third-order valence-electron chi connectivity index (χ3n) is 5.19. The molecule has 8 nitrogen and oxygen atoms in total. The Bertz CT molecular complexity index is 1140. The first kappa shape index (κ1) is 18.9. The van der Waals surface area contributed by atoms with E-state index in [1.165, 1.54) is 0 Å². The van der Waals surface area contributed by atoms with Crippen LogP contribution < -0.4 is 16.0 Å². The van der Waals surface area contributed by atoms with Gasteiger partial charge in [-0.3, -0.25) is 9.59 Å². The first-order chi connectivity index (χ1) is 13.8. The molecular formula is C20H21FN6O2. The van der Waals surface area contributed by atoms with Gasteiger partial charge in [-0.1, -0.05) is 6.07 Å². The van der Waals surface area contributed by atoms with E-state index >= 15 is 0 Å². The number of carbonyl (C=O) groups is 2. The van der Waals surface area contributed by atoms with Crippen LogP contribution in [-0.4, -0.2) is 39.6 Å². The van der Waals surface area contributed by atoms with E-state index in [2.05, 4.69) is 15.3 Å². The van der Waals surface area contributed by atoms with Crippen LogP contribution in [0.25, 0.3) is 11.0 Å². The Morgan fingerprint density at radius 2 is 2.07 bits per heavy atom. The number of hydrogen-bond donors (Lipinski definition) is 2. The van der Waals surface area contributed by atoms with Gasteiger partial charge in [0.1, 0.15) is 17.5 Å². The maximum absolute atomic E-state index is 13.3. The van der Waals surface area contributed by atoms with Crippen molar-refractivity contribution in [3.8, 4) is 0 Å². The van der Waals surface area contributed by atoms with Crippen LogP contribution >= 0.6 is 0 Å². The Hall–Kier alpha value is -3.49. The van der Waals surface area contributed by atoms with Gasteiger partial charge in [0, 0.05) is 31.4 Å². The predicted molar refractivity (Wildman–Crippen MR) is 108 cm³/mol. The number of alkyl halides is 1. The van der Waals surface area contributed by atoms with E-state index in [0.717, 1.165) is 16.8 Å². The molecule has 3 aromatic rings. The van der Waals surface area contributed by atoms with Crippen molar-refractivity contribution in [1.29, 1.82) is 0 Å². The van der Waals surface area contributed by atoms with E-state index in [-0.39, 0.29) is 12.2 Å². The van der Waals surface area contributed by atoms with Crippen LogP contribution in [0.5, 0.6) is 0 Å². The standard InChI is InChI=1S/C20H21FN6O2/c1-10-4-5-11(18(22)28)6-14(10)27(3)16-8-15-17(23-9-26(15)2)19(24-16)25-20(29)12-7-13(12)21/h4-6,8-9,12-13H,7H2,1-3H3,(H2,22,28)(H,24,25,29)/t12-,13+/m0/s1. The highest BCUT2D eigenvalue weighted by molar-refractivity contribution is 6.01. The summed E-state index contributed by atoms with van der Waals surface area (Å²) in [5, 5.41) is 2.71. The molecule has 150 valence electrons. The molecular weight excluding hydrogens is 375 g/mol. The number of primary amides is 1. The molecule has 0 unspecified atom stereocenters. The molecule has 2 amide bonds. The summed E-state index contributed by atoms with van der Waals surface area (Å²) in [5.74, 6) is -0.741. The Balaban J connectivity index is 1.77. The summed E-state index contributed by atoms with van der Waals surface area (Å²) in [7, 11) is 3.64. The first-order valence-corrected chi connectivity index (χ1v) is 9.17. The molecule has 0 bridgehead atoms. The lowest BCUT2D eigenvalue weighted by Gasteiger charge is -2.22. The molecule has 2 aromatic heterocycles. The molecule has 1 saturated carbocycles. The number of nitrogens with two attached hydrogens (primary N) is 1. The molecule has 4 rings (SSSR count). The molecule has 2 atom stereocenters. The number of nitrogens with one attached hydrogen (secondary N) is 1. The van der Waals surface area contributed by atoms with Gasteiger partial charge in [-0.25, -0.2) is 14.4 Å². The number of nitrogens with zero attached hydrogens (tertiary/aromatic N) is 4. The van der Waals surface area contributed by atoms with Crippen molar-refractivity contribution in [1.82, 2.24) is 14.5 Å². The molecule has 29 heavy (non-hydrogen) atoms. The van der Waals surface area contributed by atoms with Crippen LogP contribution in [0.3, 0.4) is 0 Å². The minimum Gasteiger partial charge on any atom is -0.366 e. The van der Waals surface area contributed by atoms with Crippen LogP contribution in [0.2, 0.25) is 0 Å². The monoisotopic (exact) mass is 396 g/mol. The number of hydrogen-bond acceptors (Lipinski definition) is 5. The average molecular weight is 396 g/mol. The number of carbonyl (C=O) groups excluding carboxylic acids is 2. The van der Waals surface area contributed by atoms with Gasteiger partial charge in [-0.05, 0) is 31.0 Å². The number of rotatable bonds is 5. The zero-order valence-electron chi connectivity index (χ0n) is 16.3. The lowest BCUT2D eigenvalue weighted by molar-refractivity contribution is -0.117. The minimum absolute atomic E-state index is 0.232. The first-order valence-electron chi connectivity index (χ1n) is 9.17. The highest BCUT2D eigenvalue weighted by atomic mass is 19.1. The molecule has 9 heteroatoms. The number of aromatic nitrogens is 3. The summed E-state index contributed by atoms with van der Waals surface area (Å²) >= 11 is 0. The summed E-state index contributed by atoms with van der Waals surface area (Å²) in [6.07, 6.45) is 0.759. The molecule has 1 aromatic carbocycles. The minimum atomic E-state index is -1.10. The maximum atomic E-state index is 13.3. The van der Waals surface area contributed by atoms with Crippen LogP contribution in [-0.2, 0) is 11.8 Å². The number of fused-ring (bicyclic) bond motifs is 1. The Morgan fingerprint density at radius 1 is 1.34 bits per heavy atom. The van der Waals surface area contributed by atoms with Crippen molar-refractivity contribution in [3.63, 3.8) is 0 Å². The smallest absolute Gasteiger partial charge is 0.248 e. The van der Waals surface area contributed by atoms with Crippen molar-refractivity contribution in [3.05, 3.63) is 41.7 Å². The van der Waals surface area contributed by atoms with Crippen molar-refractivity contribution < 1.29 is 14.0 Å². The second-order valence-electron chi connectivity index (χ2n) is 7.32. The van der Waals surface area contributed by atoms with E-state index in [1.807, 2.05) is 37.7 Å². The fraction of sp³-hybridized carbons (Fsp3) is 0.300. The number of amides is 2. The zero-order chi connectivity index (χ0) is 20.9. The molecule has 0 spiro atoms. The summed E-state index contributed by atoms with van der Waals surface area (Å²) in [6, 6.07) is 7.01. The van der Waals surface area contributed by atoms with Crippen LogP contribution in [0.4, 0.5) is 21.7 Å². The number of aryl methyl sites for hydroxylation is 2. The fourth-order valence-electron chi connectivity index (χ4n) is 3.27. The molecule has 0 radical (unpaired) electrons. The highest BCUT2D eigenvalue weighted by Crippen LogP contribution is 2.36. The van der Waals surface area contributed by atoms with Crippen molar-refractivity contribution in [2.24, 2.45) is 18.7 Å². The van der Waals surface area contributed by atoms with Gasteiger partial charge < -0.3 is 20.5 Å². The largest absolute Gasteiger partial charge is 0.366 e. The Labute approximate surface area is 166 Å². The number of imidazole rings is 1. The van der Waals surface area contributed by atoms with Crippen LogP contribution in [0.15, 0.2) is 30.6 Å². The molecule has 1 aliphatic rings. The molecule has 1 aliphatic carbocycles. The quantitative estimate of drug-likeness (QED) is 0.689. The molecule has 1 fully saturated rings. The lowest BCUT2D eigenvalue weighted by Crippen LogP contribution is -2.19. The van der Waals surface area contributed by atoms with Crippen LogP contribution in [0, 0.1) is 12.8 Å². The lowest BCUT2D eigenvalue weighted by atomic mass is 10.1. The number of benzene rings is 1. The summed E-state index contributed by atoms with van der Waals surface area (Å²) < 4.78 is 15.1. The third-order valence-corrected chi connectivity index (χ3v) is 5.19. The van der Waals surface area contributed by atoms with Crippen molar-refractivity contribution in [2.75, 3.05) is 17.3 Å². The predicted octanol–water partition coefficient (Wildman–Crippen LogP) is 2.44. The van der Waals surface area contributed by atoms with Gasteiger partial charge in [-0.2, -0.15) is 0 Å². The second kappa shape index (κ2) is 6.84. The third kappa shape index (κ3) is 3.39. The molecule has 2 heterocycles. The van der Waals surface area contributed by atoms with Gasteiger partial charge in [0.05, 0.1) is 17.8 Å². The number of halogens is 1. The van der Waals surface area contributed by atoms with Gasteiger partial charge >= 0.3 is 0 Å². The molecule has 3 N–H and O–H groups in total. The summed E-state index contributed by atoms with van der Waals surface area (Å²) in [6.45, 7) is 1.91. The SMILES string of the molecule is Cc1ccc(C(N)=O)cc1N(C)c1cc2c(ncn2C)c(NC(=O)[C@H]2C[C@H]2F)n1. The zero-order valence-corrected chi connectivity index (χ0v) is 16.3. The molecule has 0 saturated heterocycles. The normalized spacial score (nSPS) is 17.9. The summed E-state index contributed by atoms with van der Waals surface area (Å²) in [4.78, 5) is 34.5. The number of anilines is 3. The average Bonchev–Trinajstić information content (AvgIpc) is 3.31. The second-order valence-corrected chi connectivity index (χ2v) is 7.32. The topological polar surface area (TPSA) is 106 Å². The Morgan fingerprint density at radius 3 is 2.72 bits per heavy atom. The van der Waals surface area contributed by atoms with E-state index in [4.69, 9.17) is 5.73 Å². The summed E-state index contributed by atoms with van der Waals surface area (Å²) in [5.41, 5.74) is 8.75. The van der Waals surface area contributed by atoms with Gasteiger partial charge in [0.25, 0.3) is 0 Å². The highest BCUT2D eigenvalue weighted by Gasteiger charge is 2.44. The van der Waals surface area contributed by atoms with E-state index in [9.17, 15) is 14.0 Å². The van der Waals surface area contributed by atoms with Gasteiger partial charge in [0.2, 0.25) is 11.8 Å². The van der Waals surface area contributed by atoms with E-state index < -0.39 is 23.9 Å². The fourth-order valence-corrected chi connectivity index (χ4v) is 3.27. The van der Waals surface area contributed by atoms with Crippen molar-refractivity contribution in [2.45, 2.75) is 19.5 Å². The van der Waals surface area contributed by atoms with E-state index in [0.29, 0.717) is 16.9 Å². The Kier molecular flexibility index (Phi) is 4.45. The van der Waals surface area contributed by atoms with Crippen molar-refractivity contribution >= 4 is 40.2 Å². The van der Waals surface area contributed by atoms with E-state index in [1.54, 1.807) is 23.4 Å². The maximum Gasteiger partial charge on any atom is 0.248 e. The molecule has 0 aliphatic heterocycles. The van der Waals surface area contributed by atoms with Crippen LogP contribution in [0.1, 0.15) is 22.3 Å². The van der Waals surface area contributed by atoms with Gasteiger partial charge in [-0.15, -0.1) is 0 Å². The number of pyridine rings is 1.